The third-order valence-corrected chi connectivity index (χ3v) is 2.45. The summed E-state index contributed by atoms with van der Waals surface area (Å²) in [6.45, 7) is 4.29. The van der Waals surface area contributed by atoms with Gasteiger partial charge in [-0.25, -0.2) is 0 Å². The van der Waals surface area contributed by atoms with Crippen LogP contribution in [0.15, 0.2) is 24.3 Å². The van der Waals surface area contributed by atoms with E-state index in [-0.39, 0.29) is 0 Å². The van der Waals surface area contributed by atoms with Gasteiger partial charge in [0.25, 0.3) is 0 Å². The molecule has 78 valence electrons. The highest BCUT2D eigenvalue weighted by Crippen LogP contribution is 2.20. The number of nitrogens with one attached hydrogen (secondary N) is 1. The molecule has 1 amide bonds. The minimum atomic E-state index is -0.633. The Bertz CT molecular complexity index is 376. The van der Waals surface area contributed by atoms with E-state index in [1.165, 1.54) is 11.6 Å². The third-order valence-electron chi connectivity index (χ3n) is 2.45. The monoisotopic (exact) mass is 202 g/mol. The number of nitriles is 1. The van der Waals surface area contributed by atoms with Crippen molar-refractivity contribution in [1.29, 1.82) is 5.26 Å². The Morgan fingerprint density at radius 1 is 1.47 bits per heavy atom. The van der Waals surface area contributed by atoms with Crippen LogP contribution in [0, 0.1) is 11.3 Å². The molecule has 15 heavy (non-hydrogen) atoms. The summed E-state index contributed by atoms with van der Waals surface area (Å²) in [5, 5.41) is 10.8. The molecule has 1 unspecified atom stereocenters. The number of hydrogen-bond acceptors (Lipinski definition) is 2. The zero-order chi connectivity index (χ0) is 11.3. The zero-order valence-corrected chi connectivity index (χ0v) is 8.95. The zero-order valence-electron chi connectivity index (χ0n) is 8.95. The van der Waals surface area contributed by atoms with E-state index in [1.807, 2.05) is 24.3 Å². The van der Waals surface area contributed by atoms with Crippen molar-refractivity contribution in [2.45, 2.75) is 26.2 Å². The minimum Gasteiger partial charge on any atom is -0.313 e. The lowest BCUT2D eigenvalue weighted by Gasteiger charge is -2.09. The van der Waals surface area contributed by atoms with E-state index in [1.54, 1.807) is 0 Å². The molecule has 1 atom stereocenters. The number of nitrogens with zero attached hydrogens (tertiary/aromatic N) is 1. The van der Waals surface area contributed by atoms with Crippen molar-refractivity contribution in [2.24, 2.45) is 0 Å². The van der Waals surface area contributed by atoms with Gasteiger partial charge < -0.3 is 5.32 Å². The Hall–Kier alpha value is -1.82. The first-order chi connectivity index (χ1) is 7.17. The number of amides is 1. The second-order valence-electron chi connectivity index (χ2n) is 3.50. The lowest BCUT2D eigenvalue weighted by atomic mass is 9.99. The van der Waals surface area contributed by atoms with Crippen LogP contribution in [0.2, 0.25) is 0 Å². The minimum absolute atomic E-state index is 0.519. The van der Waals surface area contributed by atoms with Crippen LogP contribution in [0.1, 0.15) is 31.7 Å². The maximum Gasteiger partial charge on any atom is 0.326 e. The normalized spacial score (nSPS) is 11.5. The van der Waals surface area contributed by atoms with Crippen molar-refractivity contribution in [3.05, 3.63) is 29.8 Å². The van der Waals surface area contributed by atoms with Gasteiger partial charge in [-0.15, -0.1) is 0 Å². The van der Waals surface area contributed by atoms with Crippen molar-refractivity contribution < 1.29 is 4.79 Å². The molecule has 0 spiro atoms. The first-order valence-electron chi connectivity index (χ1n) is 4.98. The largest absolute Gasteiger partial charge is 0.326 e. The first kappa shape index (κ1) is 11.3. The summed E-state index contributed by atoms with van der Waals surface area (Å²) < 4.78 is 0. The van der Waals surface area contributed by atoms with Crippen LogP contribution < -0.4 is 5.32 Å². The lowest BCUT2D eigenvalue weighted by molar-refractivity contribution is -0.111. The average Bonchev–Trinajstić information content (AvgIpc) is 2.29. The summed E-state index contributed by atoms with van der Waals surface area (Å²) in [5.41, 5.74) is 1.90. The Morgan fingerprint density at radius 3 is 2.53 bits per heavy atom. The summed E-state index contributed by atoms with van der Waals surface area (Å²) in [6.07, 6.45) is 1.09. The Balaban J connectivity index is 2.73. The highest BCUT2D eigenvalue weighted by Gasteiger charge is 2.03. The van der Waals surface area contributed by atoms with E-state index in [2.05, 4.69) is 19.2 Å². The molecule has 0 aliphatic rings. The molecule has 0 aliphatic carbocycles. The molecule has 1 aromatic carbocycles. The van der Waals surface area contributed by atoms with Crippen molar-refractivity contribution in [3.8, 4) is 6.07 Å². The van der Waals surface area contributed by atoms with Gasteiger partial charge in [-0.1, -0.05) is 26.0 Å². The molecular weight excluding hydrogens is 188 g/mol. The fourth-order valence-corrected chi connectivity index (χ4v) is 1.29. The van der Waals surface area contributed by atoms with Crippen LogP contribution in [0.4, 0.5) is 5.69 Å². The summed E-state index contributed by atoms with van der Waals surface area (Å²) in [7, 11) is 0. The maximum absolute atomic E-state index is 10.8. The van der Waals surface area contributed by atoms with Gasteiger partial charge in [0.1, 0.15) is 0 Å². The highest BCUT2D eigenvalue weighted by molar-refractivity contribution is 6.02. The number of benzene rings is 1. The lowest BCUT2D eigenvalue weighted by Crippen LogP contribution is -2.07. The van der Waals surface area contributed by atoms with Crippen LogP contribution in [0.5, 0.6) is 0 Å². The number of rotatable bonds is 3. The summed E-state index contributed by atoms with van der Waals surface area (Å²) in [6, 6.07) is 9.09. The van der Waals surface area contributed by atoms with E-state index >= 15 is 0 Å². The predicted octanol–water partition coefficient (Wildman–Crippen LogP) is 2.66. The molecule has 0 heterocycles. The number of carbonyl (C=O) groups excluding carboxylic acids is 1. The molecule has 1 N–H and O–H groups in total. The van der Waals surface area contributed by atoms with Crippen molar-refractivity contribution >= 4 is 11.6 Å². The molecule has 3 heteroatoms. The van der Waals surface area contributed by atoms with Crippen molar-refractivity contribution in [2.75, 3.05) is 5.32 Å². The van der Waals surface area contributed by atoms with Crippen LogP contribution >= 0.6 is 0 Å². The number of anilines is 1. The molecule has 0 bridgehead atoms. The van der Waals surface area contributed by atoms with Crippen molar-refractivity contribution in [1.82, 2.24) is 0 Å². The molecule has 3 nitrogen and oxygen atoms in total. The van der Waals surface area contributed by atoms with Crippen LogP contribution in [0.25, 0.3) is 0 Å². The Labute approximate surface area is 89.7 Å². The second-order valence-corrected chi connectivity index (χ2v) is 3.50. The molecular formula is C12H14N2O. The highest BCUT2D eigenvalue weighted by atomic mass is 16.1. The van der Waals surface area contributed by atoms with Crippen LogP contribution in [0.3, 0.4) is 0 Å². The standard InChI is InChI=1S/C12H14N2O/c1-3-9(2)10-4-6-11(7-5-10)14-12(15)8-13/h4-7,9H,3H2,1-2H3,(H,14,15). The molecule has 1 aromatic rings. The third kappa shape index (κ3) is 3.10. The summed E-state index contributed by atoms with van der Waals surface area (Å²) in [5.74, 6) is -0.114. The predicted molar refractivity (Wildman–Crippen MR) is 59.4 cm³/mol. The Kier molecular flexibility index (Phi) is 3.87. The average molecular weight is 202 g/mol. The van der Waals surface area contributed by atoms with Crippen molar-refractivity contribution in [3.63, 3.8) is 0 Å². The molecule has 0 saturated heterocycles. The van der Waals surface area contributed by atoms with E-state index in [9.17, 15) is 4.79 Å². The summed E-state index contributed by atoms with van der Waals surface area (Å²) in [4.78, 5) is 10.8. The van der Waals surface area contributed by atoms with Gasteiger partial charge in [-0.3, -0.25) is 4.79 Å². The van der Waals surface area contributed by atoms with Gasteiger partial charge >= 0.3 is 5.91 Å². The van der Waals surface area contributed by atoms with Crippen LogP contribution in [-0.4, -0.2) is 5.91 Å². The molecule has 0 radical (unpaired) electrons. The van der Waals surface area contributed by atoms with E-state index in [0.717, 1.165) is 6.42 Å². The quantitative estimate of drug-likeness (QED) is 0.766. The SMILES string of the molecule is CCC(C)c1ccc(NC(=O)C#N)cc1. The second kappa shape index (κ2) is 5.16. The van der Waals surface area contributed by atoms with Gasteiger partial charge in [0.2, 0.25) is 0 Å². The van der Waals surface area contributed by atoms with E-state index < -0.39 is 5.91 Å². The van der Waals surface area contributed by atoms with Gasteiger partial charge in [0.05, 0.1) is 0 Å². The fourth-order valence-electron chi connectivity index (χ4n) is 1.29. The van der Waals surface area contributed by atoms with Gasteiger partial charge in [0, 0.05) is 5.69 Å². The topological polar surface area (TPSA) is 52.9 Å². The fraction of sp³-hybridized carbons (Fsp3) is 0.333. The molecule has 0 aliphatic heterocycles. The van der Waals surface area contributed by atoms with Crippen LogP contribution in [-0.2, 0) is 4.79 Å². The molecule has 0 aromatic heterocycles. The van der Waals surface area contributed by atoms with E-state index in [0.29, 0.717) is 11.6 Å². The summed E-state index contributed by atoms with van der Waals surface area (Å²) >= 11 is 0. The number of carbonyl (C=O) groups is 1. The Morgan fingerprint density at radius 2 is 2.07 bits per heavy atom. The van der Waals surface area contributed by atoms with E-state index in [4.69, 9.17) is 5.26 Å². The van der Waals surface area contributed by atoms with Gasteiger partial charge in [-0.2, -0.15) is 5.26 Å². The first-order valence-corrected chi connectivity index (χ1v) is 4.98. The molecule has 1 rings (SSSR count). The maximum atomic E-state index is 10.8. The smallest absolute Gasteiger partial charge is 0.313 e. The number of hydrogen-bond donors (Lipinski definition) is 1. The molecule has 0 saturated carbocycles. The molecule has 0 fully saturated rings. The van der Waals surface area contributed by atoms with Gasteiger partial charge in [0.15, 0.2) is 6.07 Å². The van der Waals surface area contributed by atoms with Gasteiger partial charge in [-0.05, 0) is 30.0 Å².